The summed E-state index contributed by atoms with van der Waals surface area (Å²) in [6.45, 7) is 3.54. The molecule has 15 nitrogen and oxygen atoms in total. The number of nitrogens with zero attached hydrogens (tertiary/aromatic N) is 7. The van der Waals surface area contributed by atoms with Gasteiger partial charge in [0.25, 0.3) is 6.43 Å². The van der Waals surface area contributed by atoms with Crippen LogP contribution in [0.25, 0.3) is 5.65 Å². The summed E-state index contributed by atoms with van der Waals surface area (Å²) in [5.41, 5.74) is 3.25. The lowest BCUT2D eigenvalue weighted by Crippen LogP contribution is -2.44. The first kappa shape index (κ1) is 44.1. The Morgan fingerprint density at radius 3 is 2.56 bits per heavy atom. The molecule has 2 saturated carbocycles. The van der Waals surface area contributed by atoms with Gasteiger partial charge in [-0.3, -0.25) is 29.2 Å². The Morgan fingerprint density at radius 2 is 1.80 bits per heavy atom. The quantitative estimate of drug-likeness (QED) is 0.0730. The second kappa shape index (κ2) is 19.1. The number of anilines is 2. The van der Waals surface area contributed by atoms with E-state index in [0.717, 1.165) is 113 Å². The van der Waals surface area contributed by atoms with Crippen LogP contribution in [0.5, 0.6) is 0 Å². The number of nitrogens with one attached hydrogen (secondary N) is 2. The average Bonchev–Trinajstić information content (AvgIpc) is 3.98. The zero-order chi connectivity index (χ0) is 44.5. The Balaban J connectivity index is 0.720. The molecule has 6 heterocycles. The molecule has 3 aliphatic heterocycles. The number of aliphatic hydroxyl groups is 1. The van der Waals surface area contributed by atoms with Gasteiger partial charge in [-0.2, -0.15) is 10.2 Å². The van der Waals surface area contributed by atoms with Crippen LogP contribution in [0.15, 0.2) is 42.9 Å². The van der Waals surface area contributed by atoms with Crippen LogP contribution < -0.4 is 15.5 Å². The Labute approximate surface area is 371 Å². The first-order valence-electron chi connectivity index (χ1n) is 23.3. The minimum absolute atomic E-state index is 0.0104. The highest BCUT2D eigenvalue weighted by Crippen LogP contribution is 2.45. The maximum atomic E-state index is 14.3. The zero-order valence-electron chi connectivity index (χ0n) is 36.5. The molecule has 0 bridgehead atoms. The number of ether oxygens (including phenoxy) is 1. The smallest absolute Gasteiger partial charge is 0.282 e. The number of hydrogen-bond donors (Lipinski definition) is 3. The van der Waals surface area contributed by atoms with Crippen molar-refractivity contribution in [1.82, 2.24) is 34.6 Å². The van der Waals surface area contributed by atoms with Crippen LogP contribution in [0.1, 0.15) is 135 Å². The van der Waals surface area contributed by atoms with Crippen molar-refractivity contribution in [2.24, 2.45) is 11.8 Å². The van der Waals surface area contributed by atoms with Crippen molar-refractivity contribution in [3.05, 3.63) is 70.8 Å². The summed E-state index contributed by atoms with van der Waals surface area (Å²) in [6.07, 6.45) is 12.7. The lowest BCUT2D eigenvalue weighted by atomic mass is 9.81. The number of aryl methyl sites for hydroxylation is 1. The van der Waals surface area contributed by atoms with Gasteiger partial charge in [-0.1, -0.05) is 31.0 Å². The molecule has 0 spiro atoms. The highest BCUT2D eigenvalue weighted by Gasteiger charge is 2.45. The molecule has 342 valence electrons. The van der Waals surface area contributed by atoms with E-state index in [1.807, 2.05) is 18.2 Å². The fraction of sp³-hybridized carbons (Fsp3) is 0.596. The second-order valence-electron chi connectivity index (χ2n) is 18.6. The molecule has 3 amide bonds. The van der Waals surface area contributed by atoms with Gasteiger partial charge in [0.2, 0.25) is 17.7 Å². The van der Waals surface area contributed by atoms with E-state index in [4.69, 9.17) is 4.74 Å². The molecular weight excluding hydrogens is 825 g/mol. The largest absolute Gasteiger partial charge is 0.391 e. The van der Waals surface area contributed by atoms with Gasteiger partial charge < -0.3 is 25.0 Å². The number of ketones is 1. The predicted octanol–water partition coefficient (Wildman–Crippen LogP) is 5.96. The van der Waals surface area contributed by atoms with E-state index < -0.39 is 24.4 Å². The SMILES string of the molecule is CN1C(=O)C(C2CCC(=O)NC2=O)c2cccc(CCCOC3CCN(CC4CCC(n5cc(CC(=O)c6cnn7ccc(N[C@H]8CCCC[C@H]8O)nc67)c(C(F)F)n5)CC4)CC3)c21. The number of hydrogen-bond acceptors (Lipinski definition) is 11. The van der Waals surface area contributed by atoms with E-state index in [-0.39, 0.29) is 71.4 Å². The first-order chi connectivity index (χ1) is 31.0. The summed E-state index contributed by atoms with van der Waals surface area (Å²) in [5.74, 6) is -1.20. The number of carbonyl (C=O) groups excluding carboxylic acids is 4. The van der Waals surface area contributed by atoms with E-state index in [9.17, 15) is 33.1 Å². The van der Waals surface area contributed by atoms with Gasteiger partial charge >= 0.3 is 0 Å². The maximum Gasteiger partial charge on any atom is 0.282 e. The van der Waals surface area contributed by atoms with Crippen molar-refractivity contribution in [1.29, 1.82) is 0 Å². The fourth-order valence-corrected chi connectivity index (χ4v) is 10.9. The Morgan fingerprint density at radius 1 is 1.00 bits per heavy atom. The fourth-order valence-electron chi connectivity index (χ4n) is 10.9. The molecule has 4 aromatic rings. The average molecular weight is 884 g/mol. The summed E-state index contributed by atoms with van der Waals surface area (Å²) in [5, 5.41) is 24.7. The molecule has 5 aliphatic rings. The van der Waals surface area contributed by atoms with Crippen LogP contribution in [-0.4, -0.2) is 109 Å². The number of carbonyl (C=O) groups is 4. The summed E-state index contributed by atoms with van der Waals surface area (Å²) in [6, 6.07) is 7.53. The molecule has 3 N–H and O–H groups in total. The number of piperidine rings is 2. The van der Waals surface area contributed by atoms with Crippen LogP contribution >= 0.6 is 0 Å². The van der Waals surface area contributed by atoms with Crippen LogP contribution in [-0.2, 0) is 32.0 Å². The number of alkyl halides is 2. The molecule has 4 atom stereocenters. The van der Waals surface area contributed by atoms with Gasteiger partial charge in [-0.05, 0) is 93.7 Å². The molecule has 2 aliphatic carbocycles. The molecule has 64 heavy (non-hydrogen) atoms. The third-order valence-corrected chi connectivity index (χ3v) is 14.4. The predicted molar refractivity (Wildman–Crippen MR) is 233 cm³/mol. The third kappa shape index (κ3) is 9.34. The zero-order valence-corrected chi connectivity index (χ0v) is 36.5. The number of fused-ring (bicyclic) bond motifs is 2. The number of Topliss-reactive ketones (excluding diaryl/α,β-unsaturated/α-hetero) is 1. The lowest BCUT2D eigenvalue weighted by molar-refractivity contribution is -0.139. The number of aliphatic hydroxyl groups excluding tert-OH is 1. The Kier molecular flexibility index (Phi) is 13.2. The van der Waals surface area contributed by atoms with Gasteiger partial charge in [-0.15, -0.1) is 0 Å². The van der Waals surface area contributed by atoms with Crippen LogP contribution in [0.4, 0.5) is 20.3 Å². The van der Waals surface area contributed by atoms with Gasteiger partial charge in [0.15, 0.2) is 11.4 Å². The number of aromatic nitrogens is 5. The lowest BCUT2D eigenvalue weighted by Gasteiger charge is -2.36. The third-order valence-electron chi connectivity index (χ3n) is 14.4. The van der Waals surface area contributed by atoms with E-state index in [1.54, 1.807) is 35.1 Å². The summed E-state index contributed by atoms with van der Waals surface area (Å²) < 4.78 is 38.2. The Hall–Kier alpha value is -5.13. The number of rotatable bonds is 15. The van der Waals surface area contributed by atoms with Crippen LogP contribution in [0.2, 0.25) is 0 Å². The van der Waals surface area contributed by atoms with Gasteiger partial charge in [0, 0.05) is 64.1 Å². The molecule has 9 rings (SSSR count). The van der Waals surface area contributed by atoms with Gasteiger partial charge in [0.1, 0.15) is 11.5 Å². The normalized spacial score (nSPS) is 25.9. The monoisotopic (exact) mass is 883 g/mol. The highest BCUT2D eigenvalue weighted by molar-refractivity contribution is 6.09. The number of benzene rings is 1. The number of likely N-dealkylation sites (N-methyl/N-ethyl adjacent to an activating group) is 1. The minimum atomic E-state index is -2.81. The van der Waals surface area contributed by atoms with Crippen molar-refractivity contribution in [3.63, 3.8) is 0 Å². The molecule has 3 aromatic heterocycles. The molecule has 4 fully saturated rings. The highest BCUT2D eigenvalue weighted by atomic mass is 19.3. The topological polar surface area (TPSA) is 176 Å². The standard InChI is InChI=1S/C47H59F2N9O6/c1-55-43-29(6-4-8-33(43)41(47(55)63)34-15-16-40(61)53-46(34)62)7-5-23-64-32-17-20-56(21-18-32)26-28-11-13-31(14-12-28)58-27-30(42(54-58)44(48)49)24-38(60)35-25-50-57-22-19-39(52-45(35)57)51-36-9-2-3-10-37(36)59/h4,6,8,19,22,25,27-28,31-32,34,36-37,41,44,59H,2-3,5,7,9-18,20-21,23-24,26H2,1H3,(H,51,52)(H,53,61,62)/t28?,31?,34?,36-,37+,41?/m0/s1. The number of para-hydroxylation sites is 1. The molecule has 17 heteroatoms. The van der Waals surface area contributed by atoms with E-state index in [1.165, 1.54) is 10.7 Å². The van der Waals surface area contributed by atoms with Crippen molar-refractivity contribution in [2.45, 2.75) is 133 Å². The summed E-state index contributed by atoms with van der Waals surface area (Å²) in [7, 11) is 1.77. The van der Waals surface area contributed by atoms with E-state index in [0.29, 0.717) is 30.4 Å². The van der Waals surface area contributed by atoms with Gasteiger partial charge in [-0.25, -0.2) is 18.3 Å². The number of imide groups is 1. The van der Waals surface area contributed by atoms with Crippen molar-refractivity contribution >= 4 is 40.7 Å². The maximum absolute atomic E-state index is 14.3. The van der Waals surface area contributed by atoms with Crippen LogP contribution in [0, 0.1) is 11.8 Å². The second-order valence-corrected chi connectivity index (χ2v) is 18.6. The van der Waals surface area contributed by atoms with Crippen LogP contribution in [0.3, 0.4) is 0 Å². The number of amides is 3. The van der Waals surface area contributed by atoms with Crippen molar-refractivity contribution in [3.8, 4) is 0 Å². The molecule has 2 unspecified atom stereocenters. The summed E-state index contributed by atoms with van der Waals surface area (Å²) in [4.78, 5) is 60.2. The van der Waals surface area contributed by atoms with Crippen molar-refractivity contribution < 1.29 is 37.8 Å². The van der Waals surface area contributed by atoms with Crippen molar-refractivity contribution in [2.75, 3.05) is 43.5 Å². The van der Waals surface area contributed by atoms with E-state index >= 15 is 0 Å². The first-order valence-corrected chi connectivity index (χ1v) is 23.3. The minimum Gasteiger partial charge on any atom is -0.391 e. The molecule has 0 radical (unpaired) electrons. The summed E-state index contributed by atoms with van der Waals surface area (Å²) >= 11 is 0. The number of halogens is 2. The Bertz CT molecular complexity index is 2350. The van der Waals surface area contributed by atoms with Gasteiger partial charge in [0.05, 0.1) is 53.6 Å². The molecular formula is C47H59F2N9O6. The molecule has 2 saturated heterocycles. The molecule has 1 aromatic carbocycles. The number of likely N-dealkylation sites (tertiary alicyclic amines) is 1. The van der Waals surface area contributed by atoms with E-state index in [2.05, 4.69) is 30.7 Å².